The highest BCUT2D eigenvalue weighted by Crippen LogP contribution is 2.14. The van der Waals surface area contributed by atoms with E-state index in [2.05, 4.69) is 21.5 Å². The summed E-state index contributed by atoms with van der Waals surface area (Å²) in [7, 11) is -3.56. The number of hydrogen-bond acceptors (Lipinski definition) is 5. The number of aromatic nitrogens is 1. The summed E-state index contributed by atoms with van der Waals surface area (Å²) in [6, 6.07) is 2.94. The number of hydrogen-bond donors (Lipinski definition) is 2. The van der Waals surface area contributed by atoms with Crippen LogP contribution in [0.5, 0.6) is 0 Å². The molecule has 0 saturated carbocycles. The van der Waals surface area contributed by atoms with Crippen molar-refractivity contribution in [3.63, 3.8) is 0 Å². The Labute approximate surface area is 130 Å². The summed E-state index contributed by atoms with van der Waals surface area (Å²) in [5.74, 6) is 0. The van der Waals surface area contributed by atoms with E-state index in [9.17, 15) is 8.42 Å². The summed E-state index contributed by atoms with van der Waals surface area (Å²) >= 11 is 4.80. The van der Waals surface area contributed by atoms with Gasteiger partial charge in [0.1, 0.15) is 9.88 Å². The van der Waals surface area contributed by atoms with Crippen molar-refractivity contribution in [2.75, 3.05) is 19.6 Å². The maximum atomic E-state index is 12.3. The third-order valence-corrected chi connectivity index (χ3v) is 5.29. The van der Waals surface area contributed by atoms with Gasteiger partial charge in [-0.3, -0.25) is 4.98 Å². The van der Waals surface area contributed by atoms with Crippen LogP contribution in [0.15, 0.2) is 23.2 Å². The van der Waals surface area contributed by atoms with Crippen molar-refractivity contribution in [2.24, 2.45) is 5.73 Å². The first-order chi connectivity index (χ1) is 9.92. The van der Waals surface area contributed by atoms with Crippen molar-refractivity contribution in [1.29, 1.82) is 0 Å². The molecule has 116 valence electrons. The number of sulfonamides is 1. The number of pyridine rings is 1. The maximum Gasteiger partial charge on any atom is 0.242 e. The van der Waals surface area contributed by atoms with Crippen LogP contribution in [0.4, 0.5) is 0 Å². The normalized spacial score (nSPS) is 20.3. The first-order valence-electron chi connectivity index (χ1n) is 6.93. The quantitative estimate of drug-likeness (QED) is 0.764. The minimum atomic E-state index is -3.56. The number of rotatable bonds is 5. The van der Waals surface area contributed by atoms with E-state index in [0.29, 0.717) is 5.69 Å². The summed E-state index contributed by atoms with van der Waals surface area (Å²) in [5.41, 5.74) is 5.87. The smallest absolute Gasteiger partial charge is 0.242 e. The molecule has 1 aromatic heterocycles. The average Bonchev–Trinajstić information content (AvgIpc) is 2.47. The van der Waals surface area contributed by atoms with Crippen molar-refractivity contribution in [2.45, 2.75) is 30.7 Å². The number of nitrogens with one attached hydrogen (secondary N) is 1. The van der Waals surface area contributed by atoms with Gasteiger partial charge in [-0.25, -0.2) is 13.1 Å². The summed E-state index contributed by atoms with van der Waals surface area (Å²) < 4.78 is 27.4. The molecule has 0 spiro atoms. The Morgan fingerprint density at radius 2 is 2.33 bits per heavy atom. The summed E-state index contributed by atoms with van der Waals surface area (Å²) in [4.78, 5) is 6.50. The van der Waals surface area contributed by atoms with E-state index in [0.717, 1.165) is 32.5 Å². The van der Waals surface area contributed by atoms with Gasteiger partial charge in [0, 0.05) is 18.8 Å². The monoisotopic (exact) mass is 328 g/mol. The first-order valence-corrected chi connectivity index (χ1v) is 8.82. The number of likely N-dealkylation sites (N-methyl/N-ethyl adjacent to an activating group) is 1. The van der Waals surface area contributed by atoms with E-state index in [1.165, 1.54) is 18.3 Å². The van der Waals surface area contributed by atoms with Crippen LogP contribution in [0.1, 0.15) is 25.5 Å². The molecule has 8 heteroatoms. The summed E-state index contributed by atoms with van der Waals surface area (Å²) in [6.07, 6.45) is 3.14. The molecule has 21 heavy (non-hydrogen) atoms. The Morgan fingerprint density at radius 1 is 1.57 bits per heavy atom. The van der Waals surface area contributed by atoms with Crippen LogP contribution in [-0.4, -0.2) is 49.0 Å². The molecule has 1 aromatic rings. The molecule has 0 amide bonds. The lowest BCUT2D eigenvalue weighted by atomic mass is 10.1. The fraction of sp³-hybridized carbons (Fsp3) is 0.538. The van der Waals surface area contributed by atoms with Gasteiger partial charge >= 0.3 is 0 Å². The minimum Gasteiger partial charge on any atom is -0.388 e. The van der Waals surface area contributed by atoms with Crippen molar-refractivity contribution in [3.8, 4) is 0 Å². The first kappa shape index (κ1) is 16.3. The van der Waals surface area contributed by atoms with Crippen LogP contribution in [0.25, 0.3) is 0 Å². The van der Waals surface area contributed by atoms with Gasteiger partial charge in [0.2, 0.25) is 10.0 Å². The fourth-order valence-corrected chi connectivity index (χ4v) is 3.74. The Balaban J connectivity index is 2.09. The molecule has 6 nitrogen and oxygen atoms in total. The predicted octanol–water partition coefficient (Wildman–Crippen LogP) is 0.478. The third-order valence-electron chi connectivity index (χ3n) is 3.57. The van der Waals surface area contributed by atoms with Gasteiger partial charge in [-0.1, -0.05) is 19.1 Å². The van der Waals surface area contributed by atoms with Gasteiger partial charge in [-0.15, -0.1) is 0 Å². The van der Waals surface area contributed by atoms with Crippen molar-refractivity contribution < 1.29 is 8.42 Å². The van der Waals surface area contributed by atoms with Gasteiger partial charge in [0.05, 0.1) is 5.69 Å². The van der Waals surface area contributed by atoms with Crippen molar-refractivity contribution >= 4 is 27.2 Å². The number of nitrogens with zero attached hydrogens (tertiary/aromatic N) is 2. The van der Waals surface area contributed by atoms with Crippen LogP contribution < -0.4 is 10.5 Å². The second-order valence-corrected chi connectivity index (χ2v) is 7.25. The molecular formula is C13H20N4O2S2. The van der Waals surface area contributed by atoms with E-state index in [4.69, 9.17) is 18.0 Å². The molecule has 1 atom stereocenters. The average molecular weight is 328 g/mol. The minimum absolute atomic E-state index is 0.0565. The highest BCUT2D eigenvalue weighted by molar-refractivity contribution is 7.89. The molecule has 2 heterocycles. The van der Waals surface area contributed by atoms with Crippen LogP contribution in [0.3, 0.4) is 0 Å². The zero-order valence-corrected chi connectivity index (χ0v) is 13.6. The van der Waals surface area contributed by atoms with Gasteiger partial charge in [-0.05, 0) is 38.1 Å². The molecule has 0 radical (unpaired) electrons. The van der Waals surface area contributed by atoms with Crippen LogP contribution >= 0.6 is 12.2 Å². The maximum absolute atomic E-state index is 12.3. The topological polar surface area (TPSA) is 88.3 Å². The highest BCUT2D eigenvalue weighted by Gasteiger charge is 2.24. The number of thiocarbonyl (C=S) groups is 1. The van der Waals surface area contributed by atoms with Gasteiger partial charge in [-0.2, -0.15) is 0 Å². The van der Waals surface area contributed by atoms with E-state index in [1.54, 1.807) is 0 Å². The molecule has 1 aliphatic heterocycles. The van der Waals surface area contributed by atoms with Crippen LogP contribution in [-0.2, 0) is 10.0 Å². The third kappa shape index (κ3) is 4.19. The largest absolute Gasteiger partial charge is 0.388 e. The standard InChI is InChI=1S/C13H20N4O2S2/c1-2-17-7-3-4-10(9-17)16-21(18,19)11-5-6-12(13(14)20)15-8-11/h5-6,8,10,16H,2-4,7,9H2,1H3,(H2,14,20). The lowest BCUT2D eigenvalue weighted by molar-refractivity contribution is 0.211. The van der Waals surface area contributed by atoms with E-state index >= 15 is 0 Å². The van der Waals surface area contributed by atoms with E-state index < -0.39 is 10.0 Å². The Hall–Kier alpha value is -1.09. The number of piperidine rings is 1. The summed E-state index contributed by atoms with van der Waals surface area (Å²) in [5, 5.41) is 0. The molecule has 0 aromatic carbocycles. The van der Waals surface area contributed by atoms with Crippen molar-refractivity contribution in [1.82, 2.24) is 14.6 Å². The second-order valence-electron chi connectivity index (χ2n) is 5.10. The number of likely N-dealkylation sites (tertiary alicyclic amines) is 1. The predicted molar refractivity (Wildman–Crippen MR) is 85.6 cm³/mol. The Bertz CT molecular complexity index is 601. The van der Waals surface area contributed by atoms with Gasteiger partial charge in [0.25, 0.3) is 0 Å². The lowest BCUT2D eigenvalue weighted by Gasteiger charge is -2.32. The van der Waals surface area contributed by atoms with Crippen LogP contribution in [0.2, 0.25) is 0 Å². The highest BCUT2D eigenvalue weighted by atomic mass is 32.2. The van der Waals surface area contributed by atoms with E-state index in [1.807, 2.05) is 0 Å². The SMILES string of the molecule is CCN1CCCC(NS(=O)(=O)c2ccc(C(N)=S)nc2)C1. The molecule has 1 aliphatic rings. The van der Waals surface area contributed by atoms with Gasteiger partial charge < -0.3 is 10.6 Å². The molecule has 0 aliphatic carbocycles. The molecule has 3 N–H and O–H groups in total. The summed E-state index contributed by atoms with van der Waals surface area (Å²) in [6.45, 7) is 4.78. The van der Waals surface area contributed by atoms with Gasteiger partial charge in [0.15, 0.2) is 0 Å². The zero-order chi connectivity index (χ0) is 15.5. The molecule has 0 bridgehead atoms. The Kier molecular flexibility index (Phi) is 5.26. The molecular weight excluding hydrogens is 308 g/mol. The lowest BCUT2D eigenvalue weighted by Crippen LogP contribution is -2.47. The second kappa shape index (κ2) is 6.78. The number of nitrogens with two attached hydrogens (primary N) is 1. The van der Waals surface area contributed by atoms with Crippen molar-refractivity contribution in [3.05, 3.63) is 24.0 Å². The van der Waals surface area contributed by atoms with E-state index in [-0.39, 0.29) is 15.9 Å². The Morgan fingerprint density at radius 3 is 2.90 bits per heavy atom. The molecule has 1 unspecified atom stereocenters. The molecule has 1 saturated heterocycles. The molecule has 2 rings (SSSR count). The zero-order valence-electron chi connectivity index (χ0n) is 11.9. The fourth-order valence-electron chi connectivity index (χ4n) is 2.41. The molecule has 1 fully saturated rings. The van der Waals surface area contributed by atoms with Crippen LogP contribution in [0, 0.1) is 0 Å².